The number of amides is 1. The summed E-state index contributed by atoms with van der Waals surface area (Å²) in [5.41, 5.74) is 1.77. The molecule has 0 bridgehead atoms. The number of carbonyl (C=O) groups is 1. The standard InChI is InChI=1S/C25H24N4O4/c1-31-21-10-8-18(16-22(21)32-2)9-11-23-27-20(17-26)25(33-23)29-14-12-28(13-15-29)24(30)19-6-4-3-5-7-19/h3-11,16H,12-15H2,1-2H3. The van der Waals surface area contributed by atoms with Gasteiger partial charge in [0.05, 0.1) is 14.2 Å². The number of rotatable bonds is 6. The summed E-state index contributed by atoms with van der Waals surface area (Å²) in [7, 11) is 3.17. The molecule has 168 valence electrons. The van der Waals surface area contributed by atoms with Crippen LogP contribution in [0.25, 0.3) is 12.2 Å². The molecule has 0 saturated carbocycles. The van der Waals surface area contributed by atoms with Crippen molar-refractivity contribution in [2.75, 3.05) is 45.3 Å². The zero-order chi connectivity index (χ0) is 23.2. The van der Waals surface area contributed by atoms with Crippen molar-refractivity contribution in [2.24, 2.45) is 0 Å². The van der Waals surface area contributed by atoms with Crippen molar-refractivity contribution in [3.8, 4) is 17.6 Å². The van der Waals surface area contributed by atoms with Gasteiger partial charge in [0.25, 0.3) is 5.91 Å². The molecular weight excluding hydrogens is 420 g/mol. The number of benzene rings is 2. The molecule has 1 aliphatic heterocycles. The Balaban J connectivity index is 1.45. The van der Waals surface area contributed by atoms with Crippen molar-refractivity contribution in [3.05, 3.63) is 71.2 Å². The first-order chi connectivity index (χ1) is 16.1. The molecule has 1 aliphatic rings. The number of aromatic nitrogens is 1. The van der Waals surface area contributed by atoms with Crippen LogP contribution in [0, 0.1) is 11.3 Å². The van der Waals surface area contributed by atoms with Crippen molar-refractivity contribution in [3.63, 3.8) is 0 Å². The highest BCUT2D eigenvalue weighted by Gasteiger charge is 2.26. The molecule has 2 aromatic carbocycles. The van der Waals surface area contributed by atoms with Crippen molar-refractivity contribution >= 4 is 23.9 Å². The monoisotopic (exact) mass is 444 g/mol. The molecule has 0 aliphatic carbocycles. The number of carbonyl (C=O) groups excluding carboxylic acids is 1. The number of anilines is 1. The second kappa shape index (κ2) is 9.92. The largest absolute Gasteiger partial charge is 0.493 e. The van der Waals surface area contributed by atoms with Gasteiger partial charge in [-0.1, -0.05) is 24.3 Å². The number of hydrogen-bond acceptors (Lipinski definition) is 7. The second-order valence-electron chi connectivity index (χ2n) is 7.41. The summed E-state index contributed by atoms with van der Waals surface area (Å²) in [5.74, 6) is 2.03. The second-order valence-corrected chi connectivity index (χ2v) is 7.41. The van der Waals surface area contributed by atoms with Crippen molar-refractivity contribution in [2.45, 2.75) is 0 Å². The van der Waals surface area contributed by atoms with Gasteiger partial charge in [0, 0.05) is 37.8 Å². The van der Waals surface area contributed by atoms with E-state index < -0.39 is 0 Å². The maximum absolute atomic E-state index is 12.7. The molecule has 1 saturated heterocycles. The van der Waals surface area contributed by atoms with Crippen LogP contribution in [-0.2, 0) is 0 Å². The zero-order valence-corrected chi connectivity index (χ0v) is 18.5. The Morgan fingerprint density at radius 1 is 1.03 bits per heavy atom. The summed E-state index contributed by atoms with van der Waals surface area (Å²) in [5, 5.41) is 9.54. The summed E-state index contributed by atoms with van der Waals surface area (Å²) >= 11 is 0. The van der Waals surface area contributed by atoms with Gasteiger partial charge in [-0.3, -0.25) is 4.79 Å². The number of hydrogen-bond donors (Lipinski definition) is 0. The molecule has 0 unspecified atom stereocenters. The highest BCUT2D eigenvalue weighted by Crippen LogP contribution is 2.29. The summed E-state index contributed by atoms with van der Waals surface area (Å²) < 4.78 is 16.5. The van der Waals surface area contributed by atoms with Gasteiger partial charge in [0.15, 0.2) is 11.5 Å². The zero-order valence-electron chi connectivity index (χ0n) is 18.5. The molecule has 0 spiro atoms. The number of nitrogens with zero attached hydrogens (tertiary/aromatic N) is 4. The number of ether oxygens (including phenoxy) is 2. The van der Waals surface area contributed by atoms with Gasteiger partial charge in [0.2, 0.25) is 17.5 Å². The highest BCUT2D eigenvalue weighted by molar-refractivity contribution is 5.94. The van der Waals surface area contributed by atoms with Crippen LogP contribution in [0.4, 0.5) is 5.88 Å². The van der Waals surface area contributed by atoms with E-state index in [2.05, 4.69) is 11.1 Å². The van der Waals surface area contributed by atoms with Crippen LogP contribution in [0.3, 0.4) is 0 Å². The fraction of sp³-hybridized carbons (Fsp3) is 0.240. The molecule has 8 heteroatoms. The molecule has 8 nitrogen and oxygen atoms in total. The highest BCUT2D eigenvalue weighted by atomic mass is 16.5. The number of nitriles is 1. The predicted molar refractivity (Wildman–Crippen MR) is 124 cm³/mol. The van der Waals surface area contributed by atoms with Gasteiger partial charge in [0.1, 0.15) is 6.07 Å². The summed E-state index contributed by atoms with van der Waals surface area (Å²) in [6.07, 6.45) is 3.54. The molecule has 0 radical (unpaired) electrons. The SMILES string of the molecule is COc1ccc(C=Cc2nc(C#N)c(N3CCN(C(=O)c4ccccc4)CC3)o2)cc1OC. The van der Waals surface area contributed by atoms with Crippen molar-refractivity contribution in [1.82, 2.24) is 9.88 Å². The Labute approximate surface area is 192 Å². The third kappa shape index (κ3) is 4.83. The Morgan fingerprint density at radius 3 is 2.42 bits per heavy atom. The number of methoxy groups -OCH3 is 2. The summed E-state index contributed by atoms with van der Waals surface area (Å²) in [6.45, 7) is 2.19. The van der Waals surface area contributed by atoms with Crippen molar-refractivity contribution < 1.29 is 18.7 Å². The van der Waals surface area contributed by atoms with Crippen LogP contribution in [0.5, 0.6) is 11.5 Å². The van der Waals surface area contributed by atoms with E-state index in [1.165, 1.54) is 0 Å². The minimum absolute atomic E-state index is 0.00636. The average molecular weight is 444 g/mol. The lowest BCUT2D eigenvalue weighted by molar-refractivity contribution is 0.0745. The molecular formula is C25H24N4O4. The third-order valence-electron chi connectivity index (χ3n) is 5.43. The lowest BCUT2D eigenvalue weighted by Crippen LogP contribution is -2.48. The summed E-state index contributed by atoms with van der Waals surface area (Å²) in [4.78, 5) is 20.7. The lowest BCUT2D eigenvalue weighted by Gasteiger charge is -2.34. The van der Waals surface area contributed by atoms with Crippen LogP contribution in [-0.4, -0.2) is 56.2 Å². The molecule has 1 aromatic heterocycles. The van der Waals surface area contributed by atoms with Gasteiger partial charge >= 0.3 is 0 Å². The minimum Gasteiger partial charge on any atom is -0.493 e. The van der Waals surface area contributed by atoms with Gasteiger partial charge in [-0.05, 0) is 35.9 Å². The molecule has 33 heavy (non-hydrogen) atoms. The van der Waals surface area contributed by atoms with Gasteiger partial charge in [-0.25, -0.2) is 0 Å². The molecule has 4 rings (SSSR count). The van der Waals surface area contributed by atoms with Crippen LogP contribution in [0.1, 0.15) is 27.5 Å². The average Bonchev–Trinajstić information content (AvgIpc) is 3.30. The van der Waals surface area contributed by atoms with E-state index in [0.717, 1.165) is 5.56 Å². The van der Waals surface area contributed by atoms with Crippen LogP contribution < -0.4 is 14.4 Å². The maximum Gasteiger partial charge on any atom is 0.253 e. The Kier molecular flexibility index (Phi) is 6.60. The first kappa shape index (κ1) is 22.0. The molecule has 1 fully saturated rings. The fourth-order valence-electron chi connectivity index (χ4n) is 3.69. The summed E-state index contributed by atoms with van der Waals surface area (Å²) in [6, 6.07) is 16.9. The smallest absolute Gasteiger partial charge is 0.253 e. The quantitative estimate of drug-likeness (QED) is 0.572. The van der Waals surface area contributed by atoms with Crippen LogP contribution >= 0.6 is 0 Å². The van der Waals surface area contributed by atoms with Crippen LogP contribution in [0.2, 0.25) is 0 Å². The van der Waals surface area contributed by atoms with Gasteiger partial charge in [-0.2, -0.15) is 10.2 Å². The molecule has 0 atom stereocenters. The van der Waals surface area contributed by atoms with E-state index in [0.29, 0.717) is 55.0 Å². The predicted octanol–water partition coefficient (Wildman–Crippen LogP) is 3.70. The Hall–Kier alpha value is -4.25. The van der Waals surface area contributed by atoms with Crippen molar-refractivity contribution in [1.29, 1.82) is 5.26 Å². The molecule has 1 amide bonds. The van der Waals surface area contributed by atoms with E-state index in [9.17, 15) is 10.1 Å². The van der Waals surface area contributed by atoms with E-state index in [4.69, 9.17) is 13.9 Å². The fourth-order valence-corrected chi connectivity index (χ4v) is 3.69. The van der Waals surface area contributed by atoms with E-state index in [-0.39, 0.29) is 11.6 Å². The van der Waals surface area contributed by atoms with Gasteiger partial charge < -0.3 is 23.7 Å². The first-order valence-corrected chi connectivity index (χ1v) is 10.5. The lowest BCUT2D eigenvalue weighted by atomic mass is 10.2. The Morgan fingerprint density at radius 2 is 1.76 bits per heavy atom. The molecule has 0 N–H and O–H groups in total. The Bertz CT molecular complexity index is 1190. The maximum atomic E-state index is 12.7. The minimum atomic E-state index is 0.00636. The van der Waals surface area contributed by atoms with Crippen LogP contribution in [0.15, 0.2) is 52.9 Å². The molecule has 3 aromatic rings. The van der Waals surface area contributed by atoms with E-state index in [1.54, 1.807) is 20.3 Å². The third-order valence-corrected chi connectivity index (χ3v) is 5.43. The first-order valence-electron chi connectivity index (χ1n) is 10.5. The number of oxazole rings is 1. The molecule has 2 heterocycles. The van der Waals surface area contributed by atoms with Gasteiger partial charge in [-0.15, -0.1) is 0 Å². The van der Waals surface area contributed by atoms with E-state index in [1.807, 2.05) is 64.4 Å². The van der Waals surface area contributed by atoms with E-state index >= 15 is 0 Å². The number of piperazine rings is 1. The normalized spacial score (nSPS) is 13.7. The topological polar surface area (TPSA) is 91.8 Å².